The van der Waals surface area contributed by atoms with Crippen molar-refractivity contribution in [2.75, 3.05) is 24.2 Å². The third-order valence-corrected chi connectivity index (χ3v) is 7.47. The number of methoxy groups -OCH3 is 1. The zero-order valence-electron chi connectivity index (χ0n) is 22.4. The summed E-state index contributed by atoms with van der Waals surface area (Å²) < 4.78 is 31.9. The van der Waals surface area contributed by atoms with Gasteiger partial charge < -0.3 is 15.0 Å². The molecule has 198 valence electrons. The first-order valence-electron chi connectivity index (χ1n) is 12.2. The summed E-state index contributed by atoms with van der Waals surface area (Å²) in [7, 11) is -2.21. The molecule has 0 aromatic heterocycles. The molecule has 0 fully saturated rings. The molecule has 2 rings (SSSR count). The van der Waals surface area contributed by atoms with Gasteiger partial charge in [-0.05, 0) is 74.6 Å². The quantitative estimate of drug-likeness (QED) is 0.462. The summed E-state index contributed by atoms with van der Waals surface area (Å²) in [6, 6.07) is 11.7. The molecule has 0 spiro atoms. The van der Waals surface area contributed by atoms with Crippen molar-refractivity contribution in [2.24, 2.45) is 0 Å². The molecular weight excluding hydrogens is 478 g/mol. The normalized spacial score (nSPS) is 13.0. The molecule has 0 unspecified atom stereocenters. The second-order valence-electron chi connectivity index (χ2n) is 9.15. The van der Waals surface area contributed by atoms with Crippen LogP contribution >= 0.6 is 0 Å². The highest BCUT2D eigenvalue weighted by molar-refractivity contribution is 7.92. The number of carbonyl (C=O) groups is 2. The lowest BCUT2D eigenvalue weighted by molar-refractivity contribution is -0.140. The van der Waals surface area contributed by atoms with E-state index in [0.717, 1.165) is 33.7 Å². The first-order valence-corrected chi connectivity index (χ1v) is 14.0. The van der Waals surface area contributed by atoms with Gasteiger partial charge in [0.05, 0.1) is 19.1 Å². The Morgan fingerprint density at radius 3 is 2.28 bits per heavy atom. The number of anilines is 1. The number of amides is 2. The number of benzene rings is 2. The summed E-state index contributed by atoms with van der Waals surface area (Å²) in [5.74, 6) is -0.0993. The van der Waals surface area contributed by atoms with Crippen molar-refractivity contribution in [1.29, 1.82) is 0 Å². The molecule has 1 N–H and O–H groups in total. The first-order chi connectivity index (χ1) is 16.9. The van der Waals surface area contributed by atoms with Crippen molar-refractivity contribution < 1.29 is 22.7 Å². The van der Waals surface area contributed by atoms with Crippen LogP contribution in [0.4, 0.5) is 5.69 Å². The number of hydrogen-bond donors (Lipinski definition) is 1. The Hall–Kier alpha value is -3.07. The molecule has 0 bridgehead atoms. The van der Waals surface area contributed by atoms with Crippen LogP contribution in [0.5, 0.6) is 5.75 Å². The molecule has 0 aliphatic carbocycles. The van der Waals surface area contributed by atoms with Crippen LogP contribution in [0.1, 0.15) is 50.3 Å². The highest BCUT2D eigenvalue weighted by Crippen LogP contribution is 2.23. The van der Waals surface area contributed by atoms with Crippen LogP contribution in [-0.4, -0.2) is 57.1 Å². The second-order valence-corrected chi connectivity index (χ2v) is 11.1. The van der Waals surface area contributed by atoms with Gasteiger partial charge in [-0.3, -0.25) is 13.9 Å². The number of carbonyl (C=O) groups excluding carboxylic acids is 2. The molecule has 2 amide bonds. The highest BCUT2D eigenvalue weighted by atomic mass is 32.2. The summed E-state index contributed by atoms with van der Waals surface area (Å²) in [5.41, 5.74) is 3.12. The standard InChI is InChI=1S/C27H39N3O5S/c1-8-21(5)28-27(32)25(9-2)29(17-22-11-10-12-24(16-22)35-6)26(31)18-30(36(7,33)34)23-14-13-19(3)20(4)15-23/h10-16,21,25H,8-9,17-18H2,1-7H3,(H,28,32)/t21-,25-/m1/s1. The smallest absolute Gasteiger partial charge is 0.244 e. The van der Waals surface area contributed by atoms with E-state index in [2.05, 4.69) is 5.32 Å². The first kappa shape index (κ1) is 29.2. The van der Waals surface area contributed by atoms with Crippen molar-refractivity contribution >= 4 is 27.5 Å². The molecule has 0 aliphatic rings. The molecule has 0 saturated heterocycles. The average molecular weight is 518 g/mol. The molecular formula is C27H39N3O5S. The number of aryl methyl sites for hydroxylation is 2. The Morgan fingerprint density at radius 2 is 1.72 bits per heavy atom. The van der Waals surface area contributed by atoms with E-state index in [1.54, 1.807) is 31.4 Å². The predicted octanol–water partition coefficient (Wildman–Crippen LogP) is 3.80. The number of hydrogen-bond acceptors (Lipinski definition) is 5. The van der Waals surface area contributed by atoms with Gasteiger partial charge in [0.15, 0.2) is 0 Å². The average Bonchev–Trinajstić information content (AvgIpc) is 2.83. The zero-order chi connectivity index (χ0) is 27.0. The Morgan fingerprint density at radius 1 is 1.03 bits per heavy atom. The Kier molecular flexibility index (Phi) is 10.3. The minimum atomic E-state index is -3.77. The predicted molar refractivity (Wildman–Crippen MR) is 144 cm³/mol. The fraction of sp³-hybridized carbons (Fsp3) is 0.481. The summed E-state index contributed by atoms with van der Waals surface area (Å²) in [5, 5.41) is 2.96. The molecule has 0 saturated carbocycles. The van der Waals surface area contributed by atoms with Gasteiger partial charge in [0.2, 0.25) is 21.8 Å². The summed E-state index contributed by atoms with van der Waals surface area (Å²) >= 11 is 0. The maximum atomic E-state index is 13.8. The van der Waals surface area contributed by atoms with Crippen LogP contribution in [0, 0.1) is 13.8 Å². The number of ether oxygens (including phenoxy) is 1. The van der Waals surface area contributed by atoms with E-state index in [4.69, 9.17) is 4.74 Å². The minimum Gasteiger partial charge on any atom is -0.497 e. The van der Waals surface area contributed by atoms with Gasteiger partial charge in [-0.15, -0.1) is 0 Å². The van der Waals surface area contributed by atoms with E-state index in [0.29, 0.717) is 17.9 Å². The van der Waals surface area contributed by atoms with Crippen LogP contribution in [0.25, 0.3) is 0 Å². The Labute approximate surface area is 215 Å². The van der Waals surface area contributed by atoms with Crippen LogP contribution < -0.4 is 14.4 Å². The van der Waals surface area contributed by atoms with Crippen LogP contribution in [0.15, 0.2) is 42.5 Å². The van der Waals surface area contributed by atoms with Crippen LogP contribution in [-0.2, 0) is 26.2 Å². The molecule has 0 heterocycles. The third-order valence-electron chi connectivity index (χ3n) is 6.33. The third kappa shape index (κ3) is 7.71. The van der Waals surface area contributed by atoms with Crippen molar-refractivity contribution in [3.63, 3.8) is 0 Å². The van der Waals surface area contributed by atoms with Crippen LogP contribution in [0.3, 0.4) is 0 Å². The lowest BCUT2D eigenvalue weighted by Crippen LogP contribution is -2.53. The van der Waals surface area contributed by atoms with Crippen molar-refractivity contribution in [3.05, 3.63) is 59.2 Å². The molecule has 2 atom stereocenters. The molecule has 2 aromatic carbocycles. The van der Waals surface area contributed by atoms with E-state index in [1.165, 1.54) is 4.90 Å². The highest BCUT2D eigenvalue weighted by Gasteiger charge is 2.32. The van der Waals surface area contributed by atoms with E-state index in [1.807, 2.05) is 52.8 Å². The topological polar surface area (TPSA) is 96.0 Å². The maximum Gasteiger partial charge on any atom is 0.244 e. The van der Waals surface area contributed by atoms with Gasteiger partial charge in [0, 0.05) is 12.6 Å². The van der Waals surface area contributed by atoms with E-state index < -0.39 is 28.5 Å². The van der Waals surface area contributed by atoms with Gasteiger partial charge in [0.25, 0.3) is 0 Å². The number of nitrogens with zero attached hydrogens (tertiary/aromatic N) is 2. The molecule has 9 heteroatoms. The molecule has 8 nitrogen and oxygen atoms in total. The Bertz CT molecular complexity index is 1170. The van der Waals surface area contributed by atoms with Crippen molar-refractivity contribution in [2.45, 2.75) is 66.1 Å². The van der Waals surface area contributed by atoms with Crippen molar-refractivity contribution in [3.8, 4) is 5.75 Å². The fourth-order valence-electron chi connectivity index (χ4n) is 3.82. The monoisotopic (exact) mass is 517 g/mol. The van der Waals surface area contributed by atoms with Gasteiger partial charge in [-0.1, -0.05) is 32.0 Å². The van der Waals surface area contributed by atoms with Crippen LogP contribution in [0.2, 0.25) is 0 Å². The number of sulfonamides is 1. The number of nitrogens with one attached hydrogen (secondary N) is 1. The summed E-state index contributed by atoms with van der Waals surface area (Å²) in [6.45, 7) is 9.26. The summed E-state index contributed by atoms with van der Waals surface area (Å²) in [4.78, 5) is 28.4. The minimum absolute atomic E-state index is 0.0524. The fourth-order valence-corrected chi connectivity index (χ4v) is 4.66. The molecule has 0 aliphatic heterocycles. The second kappa shape index (κ2) is 12.8. The Balaban J connectivity index is 2.47. The SMILES string of the molecule is CC[C@@H](C)NC(=O)[C@@H](CC)N(Cc1cccc(OC)c1)C(=O)CN(c1ccc(C)c(C)c1)S(C)(=O)=O. The lowest BCUT2D eigenvalue weighted by Gasteiger charge is -2.33. The van der Waals surface area contributed by atoms with Crippen molar-refractivity contribution in [1.82, 2.24) is 10.2 Å². The largest absolute Gasteiger partial charge is 0.497 e. The van der Waals surface area contributed by atoms with Gasteiger partial charge in [-0.25, -0.2) is 8.42 Å². The van der Waals surface area contributed by atoms with Gasteiger partial charge in [0.1, 0.15) is 18.3 Å². The zero-order valence-corrected chi connectivity index (χ0v) is 23.2. The molecule has 36 heavy (non-hydrogen) atoms. The molecule has 0 radical (unpaired) electrons. The van der Waals surface area contributed by atoms with Gasteiger partial charge >= 0.3 is 0 Å². The molecule has 2 aromatic rings. The van der Waals surface area contributed by atoms with E-state index in [9.17, 15) is 18.0 Å². The van der Waals surface area contributed by atoms with E-state index in [-0.39, 0.29) is 18.5 Å². The lowest BCUT2D eigenvalue weighted by atomic mass is 10.1. The summed E-state index contributed by atoms with van der Waals surface area (Å²) in [6.07, 6.45) is 2.20. The number of rotatable bonds is 12. The van der Waals surface area contributed by atoms with E-state index >= 15 is 0 Å². The maximum absolute atomic E-state index is 13.8. The van der Waals surface area contributed by atoms with Gasteiger partial charge in [-0.2, -0.15) is 0 Å².